The van der Waals surface area contributed by atoms with E-state index in [0.717, 1.165) is 32.5 Å². The zero-order chi connectivity index (χ0) is 16.5. The number of thiophene rings is 1. The van der Waals surface area contributed by atoms with Crippen molar-refractivity contribution in [3.05, 3.63) is 57.3 Å². The third-order valence-electron chi connectivity index (χ3n) is 5.41. The summed E-state index contributed by atoms with van der Waals surface area (Å²) >= 11 is 1.82. The van der Waals surface area contributed by atoms with Gasteiger partial charge in [0, 0.05) is 24.0 Å². The number of hydrogen-bond donors (Lipinski definition) is 0. The van der Waals surface area contributed by atoms with Crippen LogP contribution in [0.3, 0.4) is 0 Å². The Hall–Kier alpha value is -1.65. The van der Waals surface area contributed by atoms with Crippen molar-refractivity contribution in [2.24, 2.45) is 0 Å². The molecule has 1 fully saturated rings. The van der Waals surface area contributed by atoms with Gasteiger partial charge in [-0.3, -0.25) is 9.69 Å². The minimum absolute atomic E-state index is 0.285. The molecule has 1 aromatic heterocycles. The van der Waals surface area contributed by atoms with Gasteiger partial charge in [0.2, 0.25) is 5.91 Å². The molecule has 3 heterocycles. The molecule has 1 amide bonds. The van der Waals surface area contributed by atoms with Gasteiger partial charge < -0.3 is 4.90 Å². The SMILES string of the molecule is Cc1ccccc1C1CCCN1CC(=O)N1CCc2sccc2C1. The van der Waals surface area contributed by atoms with Gasteiger partial charge >= 0.3 is 0 Å². The molecular weight excluding hydrogens is 316 g/mol. The summed E-state index contributed by atoms with van der Waals surface area (Å²) in [5, 5.41) is 2.15. The Balaban J connectivity index is 1.45. The lowest BCUT2D eigenvalue weighted by Gasteiger charge is -2.31. The number of likely N-dealkylation sites (tertiary alicyclic amines) is 1. The lowest BCUT2D eigenvalue weighted by Crippen LogP contribution is -2.42. The molecule has 1 unspecified atom stereocenters. The van der Waals surface area contributed by atoms with E-state index < -0.39 is 0 Å². The van der Waals surface area contributed by atoms with Crippen LogP contribution in [0.4, 0.5) is 0 Å². The van der Waals surface area contributed by atoms with Gasteiger partial charge in [-0.2, -0.15) is 0 Å². The van der Waals surface area contributed by atoms with Crippen molar-refractivity contribution in [3.63, 3.8) is 0 Å². The van der Waals surface area contributed by atoms with Crippen molar-refractivity contribution < 1.29 is 4.79 Å². The Morgan fingerprint density at radius 2 is 2.12 bits per heavy atom. The molecule has 1 saturated heterocycles. The lowest BCUT2D eigenvalue weighted by molar-refractivity contribution is -0.133. The number of carbonyl (C=O) groups is 1. The smallest absolute Gasteiger partial charge is 0.237 e. The Morgan fingerprint density at radius 3 is 3.00 bits per heavy atom. The van der Waals surface area contributed by atoms with Gasteiger partial charge in [0.15, 0.2) is 0 Å². The van der Waals surface area contributed by atoms with Crippen LogP contribution in [-0.4, -0.2) is 35.3 Å². The predicted molar refractivity (Wildman–Crippen MR) is 98.2 cm³/mol. The maximum Gasteiger partial charge on any atom is 0.237 e. The second kappa shape index (κ2) is 6.69. The molecule has 1 aromatic carbocycles. The Bertz CT molecular complexity index is 739. The average molecular weight is 340 g/mol. The van der Waals surface area contributed by atoms with Crippen LogP contribution in [0.1, 0.15) is 40.5 Å². The number of hydrogen-bond acceptors (Lipinski definition) is 3. The van der Waals surface area contributed by atoms with Crippen molar-refractivity contribution in [1.82, 2.24) is 9.80 Å². The summed E-state index contributed by atoms with van der Waals surface area (Å²) in [6.45, 7) is 5.42. The van der Waals surface area contributed by atoms with Gasteiger partial charge in [-0.1, -0.05) is 24.3 Å². The van der Waals surface area contributed by atoms with E-state index in [1.807, 2.05) is 16.2 Å². The van der Waals surface area contributed by atoms with Crippen molar-refractivity contribution in [1.29, 1.82) is 0 Å². The molecule has 4 heteroatoms. The fourth-order valence-electron chi connectivity index (χ4n) is 4.06. The largest absolute Gasteiger partial charge is 0.337 e. The van der Waals surface area contributed by atoms with E-state index >= 15 is 0 Å². The highest BCUT2D eigenvalue weighted by atomic mass is 32.1. The van der Waals surface area contributed by atoms with Crippen molar-refractivity contribution >= 4 is 17.2 Å². The monoisotopic (exact) mass is 340 g/mol. The van der Waals surface area contributed by atoms with Crippen molar-refractivity contribution in [2.75, 3.05) is 19.6 Å². The van der Waals surface area contributed by atoms with Crippen LogP contribution < -0.4 is 0 Å². The molecule has 0 aliphatic carbocycles. The molecule has 2 aromatic rings. The Kier molecular flexibility index (Phi) is 4.42. The standard InChI is InChI=1S/C20H24N2OS/c1-15-5-2-3-6-17(15)18-7-4-10-21(18)14-20(23)22-11-8-19-16(13-22)9-12-24-19/h2-3,5-6,9,12,18H,4,7-8,10-11,13-14H2,1H3. The summed E-state index contributed by atoms with van der Waals surface area (Å²) in [6.07, 6.45) is 3.35. The normalized spacial score (nSPS) is 21.0. The lowest BCUT2D eigenvalue weighted by atomic mass is 9.99. The van der Waals surface area contributed by atoms with Crippen LogP contribution in [0.5, 0.6) is 0 Å². The summed E-state index contributed by atoms with van der Waals surface area (Å²) < 4.78 is 0. The second-order valence-electron chi connectivity index (χ2n) is 6.92. The molecule has 2 aliphatic heterocycles. The number of rotatable bonds is 3. The van der Waals surface area contributed by atoms with Gasteiger partial charge in [0.05, 0.1) is 6.54 Å². The third-order valence-corrected chi connectivity index (χ3v) is 6.43. The highest BCUT2D eigenvalue weighted by Crippen LogP contribution is 2.33. The molecule has 0 radical (unpaired) electrons. The highest BCUT2D eigenvalue weighted by Gasteiger charge is 2.30. The first-order chi connectivity index (χ1) is 11.7. The minimum atomic E-state index is 0.285. The summed E-state index contributed by atoms with van der Waals surface area (Å²) in [6, 6.07) is 11.2. The summed E-state index contributed by atoms with van der Waals surface area (Å²) in [4.78, 5) is 18.7. The van der Waals surface area contributed by atoms with E-state index in [1.165, 1.54) is 28.0 Å². The van der Waals surface area contributed by atoms with E-state index in [9.17, 15) is 4.79 Å². The summed E-state index contributed by atoms with van der Waals surface area (Å²) in [7, 11) is 0. The highest BCUT2D eigenvalue weighted by molar-refractivity contribution is 7.10. The minimum Gasteiger partial charge on any atom is -0.337 e. The molecule has 1 atom stereocenters. The van der Waals surface area contributed by atoms with Crippen LogP contribution >= 0.6 is 11.3 Å². The molecule has 24 heavy (non-hydrogen) atoms. The molecule has 0 saturated carbocycles. The molecule has 3 nitrogen and oxygen atoms in total. The van der Waals surface area contributed by atoms with Crippen LogP contribution in [0.2, 0.25) is 0 Å². The van der Waals surface area contributed by atoms with E-state index in [2.05, 4.69) is 47.5 Å². The van der Waals surface area contributed by atoms with Gasteiger partial charge in [0.1, 0.15) is 0 Å². The second-order valence-corrected chi connectivity index (χ2v) is 7.92. The summed E-state index contributed by atoms with van der Waals surface area (Å²) in [5.74, 6) is 0.285. The van der Waals surface area contributed by atoms with Crippen LogP contribution in [-0.2, 0) is 17.8 Å². The van der Waals surface area contributed by atoms with Gasteiger partial charge in [-0.05, 0) is 60.9 Å². The molecule has 2 aliphatic rings. The van der Waals surface area contributed by atoms with Crippen LogP contribution in [0.25, 0.3) is 0 Å². The first-order valence-electron chi connectivity index (χ1n) is 8.85. The Labute approximate surface area is 147 Å². The number of carbonyl (C=O) groups excluding carboxylic acids is 1. The zero-order valence-electron chi connectivity index (χ0n) is 14.2. The van der Waals surface area contributed by atoms with Crippen LogP contribution in [0.15, 0.2) is 35.7 Å². The number of nitrogens with zero attached hydrogens (tertiary/aromatic N) is 2. The van der Waals surface area contributed by atoms with E-state index in [0.29, 0.717) is 12.6 Å². The van der Waals surface area contributed by atoms with E-state index in [1.54, 1.807) is 0 Å². The van der Waals surface area contributed by atoms with Gasteiger partial charge in [-0.25, -0.2) is 0 Å². The molecule has 126 valence electrons. The molecule has 4 rings (SSSR count). The first kappa shape index (κ1) is 15.9. The van der Waals surface area contributed by atoms with Crippen molar-refractivity contribution in [3.8, 4) is 0 Å². The fraction of sp³-hybridized carbons (Fsp3) is 0.450. The molecular formula is C20H24N2OS. The van der Waals surface area contributed by atoms with E-state index in [4.69, 9.17) is 0 Å². The number of aryl methyl sites for hydroxylation is 1. The predicted octanol–water partition coefficient (Wildman–Crippen LogP) is 3.78. The maximum atomic E-state index is 12.8. The van der Waals surface area contributed by atoms with Crippen molar-refractivity contribution in [2.45, 2.75) is 38.8 Å². The number of amides is 1. The quantitative estimate of drug-likeness (QED) is 0.849. The van der Waals surface area contributed by atoms with Gasteiger partial charge in [-0.15, -0.1) is 11.3 Å². The molecule has 0 bridgehead atoms. The van der Waals surface area contributed by atoms with Crippen LogP contribution in [0, 0.1) is 6.92 Å². The molecule has 0 N–H and O–H groups in total. The summed E-state index contributed by atoms with van der Waals surface area (Å²) in [5.41, 5.74) is 4.07. The topological polar surface area (TPSA) is 23.6 Å². The molecule has 0 spiro atoms. The fourth-order valence-corrected chi connectivity index (χ4v) is 4.95. The van der Waals surface area contributed by atoms with Gasteiger partial charge in [0.25, 0.3) is 0 Å². The first-order valence-corrected chi connectivity index (χ1v) is 9.73. The number of fused-ring (bicyclic) bond motifs is 1. The maximum absolute atomic E-state index is 12.8. The Morgan fingerprint density at radius 1 is 1.25 bits per heavy atom. The average Bonchev–Trinajstić information content (AvgIpc) is 3.23. The zero-order valence-corrected chi connectivity index (χ0v) is 15.0. The third kappa shape index (κ3) is 3.01. The number of benzene rings is 1. The van der Waals surface area contributed by atoms with E-state index in [-0.39, 0.29) is 5.91 Å².